The number of nitrogens with zero attached hydrogens (tertiary/aromatic N) is 1. The van der Waals surface area contributed by atoms with E-state index in [4.69, 9.17) is 69.6 Å². The van der Waals surface area contributed by atoms with Crippen molar-refractivity contribution < 1.29 is 0 Å². The van der Waals surface area contributed by atoms with Crippen molar-refractivity contribution in [3.63, 3.8) is 0 Å². The summed E-state index contributed by atoms with van der Waals surface area (Å²) in [6.07, 6.45) is 5.06. The van der Waals surface area contributed by atoms with E-state index < -0.39 is 13.1 Å². The Kier molecular flexibility index (Phi) is 7.94. The molecule has 4 nitrogen and oxygen atoms in total. The first kappa shape index (κ1) is 22.9. The molecule has 2 heterocycles. The quantitative estimate of drug-likeness (QED) is 0.463. The van der Waals surface area contributed by atoms with Gasteiger partial charge in [0.2, 0.25) is 7.59 Å². The maximum absolute atomic E-state index is 6.22. The van der Waals surface area contributed by atoms with Gasteiger partial charge >= 0.3 is 0 Å². The Morgan fingerprint density at radius 2 is 1.52 bits per heavy atom. The van der Waals surface area contributed by atoms with Crippen LogP contribution in [0.3, 0.4) is 0 Å². The second-order valence-electron chi connectivity index (χ2n) is 5.58. The summed E-state index contributed by atoms with van der Waals surface area (Å²) in [6, 6.07) is 13.2. The van der Waals surface area contributed by atoms with Crippen molar-refractivity contribution in [2.24, 2.45) is 0 Å². The Morgan fingerprint density at radius 3 is 1.96 bits per heavy atom. The molecule has 3 rings (SSSR count). The van der Waals surface area contributed by atoms with E-state index in [-0.39, 0.29) is 5.70 Å². The fraction of sp³-hybridized carbons (Fsp3) is 0.235. The van der Waals surface area contributed by atoms with E-state index in [0.29, 0.717) is 0 Å². The van der Waals surface area contributed by atoms with E-state index in [9.17, 15) is 0 Å². The number of alkyl halides is 6. The number of rotatable bonds is 1. The van der Waals surface area contributed by atoms with Gasteiger partial charge in [-0.1, -0.05) is 99.9 Å². The van der Waals surface area contributed by atoms with Crippen LogP contribution >= 0.6 is 69.6 Å². The molecule has 0 saturated carbocycles. The number of hydrazine groups is 2. The van der Waals surface area contributed by atoms with Gasteiger partial charge in [-0.05, 0) is 36.3 Å². The maximum Gasteiger partial charge on any atom is 0.231 e. The number of hydrogen-bond donors (Lipinski definition) is 3. The lowest BCUT2D eigenvalue weighted by molar-refractivity contribution is 0.296. The fourth-order valence-electron chi connectivity index (χ4n) is 2.42. The van der Waals surface area contributed by atoms with Crippen LogP contribution in [-0.2, 0) is 5.54 Å². The lowest BCUT2D eigenvalue weighted by Crippen LogP contribution is -2.64. The van der Waals surface area contributed by atoms with Gasteiger partial charge in [0.25, 0.3) is 0 Å². The van der Waals surface area contributed by atoms with Crippen molar-refractivity contribution in [1.29, 1.82) is 0 Å². The molecule has 1 aliphatic heterocycles. The standard InChI is InChI=1S/C12H11Cl6N3.C5H5N/c1-7-4-2-3-5-8(7)10(12(16,17)18)6-9(11(13,14)15)19-21-20-10;1-2-4-6-5-3-1/h2-6,19-21H,1H3;1-5H. The highest BCUT2D eigenvalue weighted by Gasteiger charge is 2.52. The number of allylic oxidation sites excluding steroid dienone is 1. The highest BCUT2D eigenvalue weighted by atomic mass is 35.6. The summed E-state index contributed by atoms with van der Waals surface area (Å²) in [5, 5.41) is 0. The van der Waals surface area contributed by atoms with Gasteiger partial charge in [0.1, 0.15) is 5.54 Å². The first-order chi connectivity index (χ1) is 12.6. The summed E-state index contributed by atoms with van der Waals surface area (Å²) < 4.78 is -3.44. The zero-order chi connectivity index (χ0) is 20.1. The van der Waals surface area contributed by atoms with Gasteiger partial charge in [-0.2, -0.15) is 5.53 Å². The Morgan fingerprint density at radius 1 is 0.889 bits per heavy atom. The minimum atomic E-state index is -1.74. The summed E-state index contributed by atoms with van der Waals surface area (Å²) in [5.41, 5.74) is 9.01. The SMILES string of the molecule is Cc1ccccc1C1(C(Cl)(Cl)Cl)C=C(C(Cl)(Cl)Cl)NNN1.c1ccncc1. The molecule has 1 aromatic carbocycles. The summed E-state index contributed by atoms with van der Waals surface area (Å²) >= 11 is 36.4. The van der Waals surface area contributed by atoms with Crippen molar-refractivity contribution in [3.05, 3.63) is 77.8 Å². The molecule has 27 heavy (non-hydrogen) atoms. The molecule has 1 atom stereocenters. The molecule has 1 aromatic heterocycles. The van der Waals surface area contributed by atoms with Gasteiger partial charge in [0.15, 0.2) is 0 Å². The van der Waals surface area contributed by atoms with Crippen LogP contribution in [0.25, 0.3) is 0 Å². The largest absolute Gasteiger partial charge is 0.308 e. The molecular weight excluding hydrogens is 473 g/mol. The van der Waals surface area contributed by atoms with Gasteiger partial charge in [-0.25, -0.2) is 5.43 Å². The number of nitrogens with one attached hydrogen (secondary N) is 3. The minimum absolute atomic E-state index is 0.251. The molecule has 1 unspecified atom stereocenters. The zero-order valence-electron chi connectivity index (χ0n) is 14.0. The van der Waals surface area contributed by atoms with Crippen molar-refractivity contribution in [3.8, 4) is 0 Å². The summed E-state index contributed by atoms with van der Waals surface area (Å²) in [7, 11) is 0. The normalized spacial score (nSPS) is 20.0. The number of benzene rings is 1. The molecule has 0 amide bonds. The number of aryl methyl sites for hydroxylation is 1. The molecule has 0 fully saturated rings. The third-order valence-corrected chi connectivity index (χ3v) is 5.21. The highest BCUT2D eigenvalue weighted by Crippen LogP contribution is 2.49. The van der Waals surface area contributed by atoms with E-state index >= 15 is 0 Å². The van der Waals surface area contributed by atoms with Crippen LogP contribution in [0.2, 0.25) is 0 Å². The van der Waals surface area contributed by atoms with Crippen LogP contribution < -0.4 is 16.4 Å². The molecule has 0 saturated heterocycles. The third kappa shape index (κ3) is 5.78. The predicted molar refractivity (Wildman–Crippen MR) is 115 cm³/mol. The Bertz CT molecular complexity index is 746. The molecule has 0 spiro atoms. The van der Waals surface area contributed by atoms with E-state index in [1.165, 1.54) is 0 Å². The van der Waals surface area contributed by atoms with E-state index in [2.05, 4.69) is 21.4 Å². The Labute approximate surface area is 188 Å². The topological polar surface area (TPSA) is 49.0 Å². The number of halogens is 6. The predicted octanol–water partition coefficient (Wildman–Crippen LogP) is 5.51. The van der Waals surface area contributed by atoms with Gasteiger partial charge in [-0.3, -0.25) is 4.98 Å². The first-order valence-electron chi connectivity index (χ1n) is 7.64. The van der Waals surface area contributed by atoms with E-state index in [0.717, 1.165) is 11.1 Å². The van der Waals surface area contributed by atoms with Crippen LogP contribution in [0.1, 0.15) is 11.1 Å². The Hall–Kier alpha value is -0.430. The molecular formula is C17H16Cl6N4. The highest BCUT2D eigenvalue weighted by molar-refractivity contribution is 6.70. The number of hydrogen-bond acceptors (Lipinski definition) is 4. The summed E-state index contributed by atoms with van der Waals surface area (Å²) in [4.78, 5) is 3.78. The first-order valence-corrected chi connectivity index (χ1v) is 9.91. The third-order valence-electron chi connectivity index (χ3n) is 3.71. The van der Waals surface area contributed by atoms with Crippen LogP contribution in [0.4, 0.5) is 0 Å². The molecule has 0 aliphatic carbocycles. The smallest absolute Gasteiger partial charge is 0.231 e. The average molecular weight is 489 g/mol. The number of aromatic nitrogens is 1. The maximum atomic E-state index is 6.22. The monoisotopic (exact) mass is 486 g/mol. The molecule has 2 aromatic rings. The van der Waals surface area contributed by atoms with E-state index in [1.807, 2.05) is 49.4 Å². The second kappa shape index (κ2) is 9.38. The molecule has 0 radical (unpaired) electrons. The summed E-state index contributed by atoms with van der Waals surface area (Å²) in [5.74, 6) is 0. The minimum Gasteiger partial charge on any atom is -0.308 e. The van der Waals surface area contributed by atoms with Crippen LogP contribution in [-0.4, -0.2) is 12.6 Å². The van der Waals surface area contributed by atoms with Crippen molar-refractivity contribution in [1.82, 2.24) is 21.4 Å². The van der Waals surface area contributed by atoms with Gasteiger partial charge in [0.05, 0.1) is 5.70 Å². The van der Waals surface area contributed by atoms with E-state index in [1.54, 1.807) is 18.5 Å². The Balaban J connectivity index is 0.000000369. The van der Waals surface area contributed by atoms with Crippen LogP contribution in [0.5, 0.6) is 0 Å². The molecule has 10 heteroatoms. The second-order valence-corrected chi connectivity index (χ2v) is 10.1. The number of pyridine rings is 1. The van der Waals surface area contributed by atoms with Crippen molar-refractivity contribution in [2.45, 2.75) is 20.0 Å². The van der Waals surface area contributed by atoms with Crippen LogP contribution in [0.15, 0.2) is 66.6 Å². The molecule has 0 bridgehead atoms. The zero-order valence-corrected chi connectivity index (χ0v) is 18.5. The lowest BCUT2D eigenvalue weighted by Gasteiger charge is -2.43. The molecule has 146 valence electrons. The van der Waals surface area contributed by atoms with Gasteiger partial charge < -0.3 is 5.43 Å². The van der Waals surface area contributed by atoms with Crippen molar-refractivity contribution in [2.75, 3.05) is 0 Å². The molecule has 1 aliphatic rings. The average Bonchev–Trinajstić information content (AvgIpc) is 2.62. The van der Waals surface area contributed by atoms with Gasteiger partial charge in [0, 0.05) is 12.4 Å². The van der Waals surface area contributed by atoms with Crippen molar-refractivity contribution >= 4 is 69.6 Å². The molecule has 3 N–H and O–H groups in total. The lowest BCUT2D eigenvalue weighted by atomic mass is 9.87. The van der Waals surface area contributed by atoms with Gasteiger partial charge in [-0.15, -0.1) is 0 Å². The fourth-order valence-corrected chi connectivity index (χ4v) is 3.33. The van der Waals surface area contributed by atoms with Crippen LogP contribution in [0, 0.1) is 6.92 Å². The summed E-state index contributed by atoms with van der Waals surface area (Å²) in [6.45, 7) is 1.90.